The summed E-state index contributed by atoms with van der Waals surface area (Å²) in [6.45, 7) is 0.383. The molecular formula is C21H22N2O3S. The summed E-state index contributed by atoms with van der Waals surface area (Å²) in [5.74, 6) is 1.19. The van der Waals surface area contributed by atoms with Gasteiger partial charge in [0.25, 0.3) is 0 Å². The highest BCUT2D eigenvalue weighted by atomic mass is 32.2. The van der Waals surface area contributed by atoms with E-state index in [1.807, 2.05) is 48.2 Å². The van der Waals surface area contributed by atoms with Crippen molar-refractivity contribution >= 4 is 29.3 Å². The van der Waals surface area contributed by atoms with Crippen molar-refractivity contribution in [3.05, 3.63) is 54.1 Å². The molecule has 2 aliphatic rings. The van der Waals surface area contributed by atoms with Crippen LogP contribution in [-0.4, -0.2) is 31.2 Å². The van der Waals surface area contributed by atoms with Gasteiger partial charge in [-0.2, -0.15) is 0 Å². The molecule has 1 N–H and O–H groups in total. The normalized spacial score (nSPS) is 21.7. The number of hydrogen-bond acceptors (Lipinski definition) is 4. The van der Waals surface area contributed by atoms with Crippen molar-refractivity contribution in [2.45, 2.75) is 23.8 Å². The highest BCUT2D eigenvalue weighted by Gasteiger charge is 2.37. The van der Waals surface area contributed by atoms with Gasteiger partial charge in [-0.25, -0.2) is 0 Å². The molecule has 0 spiro atoms. The average molecular weight is 382 g/mol. The van der Waals surface area contributed by atoms with Crippen LogP contribution in [0.4, 0.5) is 5.69 Å². The van der Waals surface area contributed by atoms with Gasteiger partial charge in [-0.15, -0.1) is 11.8 Å². The summed E-state index contributed by atoms with van der Waals surface area (Å²) >= 11 is 1.83. The number of methoxy groups -OCH3 is 1. The number of para-hydroxylation sites is 2. The van der Waals surface area contributed by atoms with E-state index in [9.17, 15) is 9.59 Å². The molecule has 6 heteroatoms. The Morgan fingerprint density at radius 2 is 1.96 bits per heavy atom. The summed E-state index contributed by atoms with van der Waals surface area (Å²) in [6, 6.07) is 15.6. The van der Waals surface area contributed by atoms with Crippen LogP contribution in [0.15, 0.2) is 53.4 Å². The minimum absolute atomic E-state index is 0.0189. The van der Waals surface area contributed by atoms with E-state index in [1.54, 1.807) is 12.0 Å². The number of nitrogens with one attached hydrogen (secondary N) is 1. The topological polar surface area (TPSA) is 58.6 Å². The van der Waals surface area contributed by atoms with E-state index in [0.717, 1.165) is 17.9 Å². The molecule has 27 heavy (non-hydrogen) atoms. The van der Waals surface area contributed by atoms with Crippen molar-refractivity contribution in [2.75, 3.05) is 24.3 Å². The van der Waals surface area contributed by atoms with Gasteiger partial charge in [-0.1, -0.05) is 30.3 Å². The zero-order valence-corrected chi connectivity index (χ0v) is 16.0. The Morgan fingerprint density at radius 3 is 2.81 bits per heavy atom. The maximum atomic E-state index is 12.9. The maximum Gasteiger partial charge on any atom is 0.227 e. The number of thioether (sulfide) groups is 1. The van der Waals surface area contributed by atoms with Crippen LogP contribution in [0.2, 0.25) is 0 Å². The first-order valence-electron chi connectivity index (χ1n) is 9.13. The molecule has 2 heterocycles. The Kier molecular flexibility index (Phi) is 5.07. The molecule has 0 bridgehead atoms. The summed E-state index contributed by atoms with van der Waals surface area (Å²) in [7, 11) is 1.59. The van der Waals surface area contributed by atoms with Crippen LogP contribution in [0.5, 0.6) is 5.75 Å². The van der Waals surface area contributed by atoms with E-state index in [-0.39, 0.29) is 30.2 Å². The van der Waals surface area contributed by atoms with Crippen molar-refractivity contribution in [2.24, 2.45) is 5.92 Å². The maximum absolute atomic E-state index is 12.9. The Balaban J connectivity index is 1.47. The fraction of sp³-hybridized carbons (Fsp3) is 0.333. The number of carbonyl (C=O) groups excluding carboxylic acids is 2. The second-order valence-corrected chi connectivity index (χ2v) is 7.95. The molecule has 2 aliphatic heterocycles. The highest BCUT2D eigenvalue weighted by Crippen LogP contribution is 2.37. The fourth-order valence-corrected chi connectivity index (χ4v) is 4.88. The van der Waals surface area contributed by atoms with Gasteiger partial charge in [0.15, 0.2) is 0 Å². The van der Waals surface area contributed by atoms with Gasteiger partial charge in [0.2, 0.25) is 11.8 Å². The van der Waals surface area contributed by atoms with Crippen LogP contribution in [-0.2, 0) is 9.59 Å². The molecule has 140 valence electrons. The second-order valence-electron chi connectivity index (χ2n) is 6.81. The Hall–Kier alpha value is -2.47. The Labute approximate surface area is 163 Å². The lowest BCUT2D eigenvalue weighted by Crippen LogP contribution is -2.36. The third-order valence-electron chi connectivity index (χ3n) is 5.15. The van der Waals surface area contributed by atoms with E-state index in [4.69, 9.17) is 4.74 Å². The van der Waals surface area contributed by atoms with Gasteiger partial charge in [0.05, 0.1) is 24.8 Å². The molecular weight excluding hydrogens is 360 g/mol. The minimum Gasteiger partial charge on any atom is -0.495 e. The SMILES string of the molecule is COc1ccccc1N1C[C@H](C(=O)N[C@@H]2CCSc3ccccc32)CC1=O. The number of hydrogen-bond donors (Lipinski definition) is 1. The number of benzene rings is 2. The van der Waals surface area contributed by atoms with Crippen LogP contribution >= 0.6 is 11.8 Å². The Morgan fingerprint density at radius 1 is 1.19 bits per heavy atom. The molecule has 0 aliphatic carbocycles. The number of amides is 2. The zero-order valence-electron chi connectivity index (χ0n) is 15.2. The lowest BCUT2D eigenvalue weighted by atomic mass is 10.0. The average Bonchev–Trinajstić information content (AvgIpc) is 3.10. The van der Waals surface area contributed by atoms with E-state index in [2.05, 4.69) is 17.4 Å². The molecule has 1 fully saturated rings. The molecule has 2 aromatic carbocycles. The van der Waals surface area contributed by atoms with E-state index >= 15 is 0 Å². The molecule has 0 radical (unpaired) electrons. The van der Waals surface area contributed by atoms with Crippen LogP contribution in [0, 0.1) is 5.92 Å². The van der Waals surface area contributed by atoms with Crippen molar-refractivity contribution in [3.8, 4) is 5.75 Å². The van der Waals surface area contributed by atoms with Gasteiger partial charge in [-0.3, -0.25) is 9.59 Å². The summed E-state index contributed by atoms with van der Waals surface area (Å²) < 4.78 is 5.37. The summed E-state index contributed by atoms with van der Waals surface area (Å²) in [6.07, 6.45) is 1.14. The van der Waals surface area contributed by atoms with Crippen LogP contribution in [0.3, 0.4) is 0 Å². The van der Waals surface area contributed by atoms with Gasteiger partial charge < -0.3 is 15.0 Å². The number of anilines is 1. The van der Waals surface area contributed by atoms with Gasteiger partial charge in [-0.05, 0) is 30.2 Å². The molecule has 1 saturated heterocycles. The third-order valence-corrected chi connectivity index (χ3v) is 6.27. The smallest absolute Gasteiger partial charge is 0.227 e. The van der Waals surface area contributed by atoms with Crippen molar-refractivity contribution < 1.29 is 14.3 Å². The quantitative estimate of drug-likeness (QED) is 0.881. The molecule has 2 atom stereocenters. The van der Waals surface area contributed by atoms with Gasteiger partial charge >= 0.3 is 0 Å². The standard InChI is InChI=1S/C21H22N2O3S/c1-26-18-8-4-3-7-17(18)23-13-14(12-20(23)24)21(25)22-16-10-11-27-19-9-5-2-6-15(16)19/h2-9,14,16H,10-13H2,1H3,(H,22,25)/t14-,16-/m1/s1. The lowest BCUT2D eigenvalue weighted by Gasteiger charge is -2.27. The van der Waals surface area contributed by atoms with Crippen LogP contribution in [0.25, 0.3) is 0 Å². The van der Waals surface area contributed by atoms with Gasteiger partial charge in [0, 0.05) is 23.6 Å². The molecule has 0 saturated carbocycles. The first kappa shape index (κ1) is 17.9. The van der Waals surface area contributed by atoms with Crippen molar-refractivity contribution in [1.29, 1.82) is 0 Å². The predicted molar refractivity (Wildman–Crippen MR) is 106 cm³/mol. The van der Waals surface area contributed by atoms with Crippen molar-refractivity contribution in [1.82, 2.24) is 5.32 Å². The van der Waals surface area contributed by atoms with Crippen LogP contribution < -0.4 is 15.0 Å². The largest absolute Gasteiger partial charge is 0.495 e. The number of carbonyl (C=O) groups is 2. The summed E-state index contributed by atoms with van der Waals surface area (Å²) in [4.78, 5) is 28.3. The predicted octanol–water partition coefficient (Wildman–Crippen LogP) is 3.40. The minimum atomic E-state index is -0.343. The molecule has 2 aromatic rings. The van der Waals surface area contributed by atoms with E-state index in [1.165, 1.54) is 10.5 Å². The molecule has 2 amide bonds. The summed E-state index contributed by atoms with van der Waals surface area (Å²) in [5, 5.41) is 3.18. The molecule has 0 unspecified atom stereocenters. The molecule has 0 aromatic heterocycles. The first-order chi connectivity index (χ1) is 13.2. The molecule has 4 rings (SSSR count). The van der Waals surface area contributed by atoms with E-state index < -0.39 is 0 Å². The van der Waals surface area contributed by atoms with Crippen LogP contribution in [0.1, 0.15) is 24.4 Å². The van der Waals surface area contributed by atoms with E-state index in [0.29, 0.717) is 12.3 Å². The number of nitrogens with zero attached hydrogens (tertiary/aromatic N) is 1. The Bertz CT molecular complexity index is 870. The lowest BCUT2D eigenvalue weighted by molar-refractivity contribution is -0.127. The second kappa shape index (κ2) is 7.64. The third kappa shape index (κ3) is 3.54. The van der Waals surface area contributed by atoms with Crippen molar-refractivity contribution in [3.63, 3.8) is 0 Å². The number of fused-ring (bicyclic) bond motifs is 1. The zero-order chi connectivity index (χ0) is 18.8. The first-order valence-corrected chi connectivity index (χ1v) is 10.1. The van der Waals surface area contributed by atoms with Gasteiger partial charge in [0.1, 0.15) is 5.75 Å². The fourth-order valence-electron chi connectivity index (χ4n) is 3.75. The highest BCUT2D eigenvalue weighted by molar-refractivity contribution is 7.99. The number of ether oxygens (including phenoxy) is 1. The molecule has 5 nitrogen and oxygen atoms in total. The monoisotopic (exact) mass is 382 g/mol. The summed E-state index contributed by atoms with van der Waals surface area (Å²) in [5.41, 5.74) is 1.90. The number of rotatable bonds is 4.